The molecule has 86 valence electrons. The van der Waals surface area contributed by atoms with Crippen LogP contribution in [0.15, 0.2) is 18.2 Å². The van der Waals surface area contributed by atoms with Crippen molar-refractivity contribution in [3.8, 4) is 0 Å². The molecule has 0 aromatic heterocycles. The monoisotopic (exact) mass is 217 g/mol. The highest BCUT2D eigenvalue weighted by atomic mass is 16.2. The second kappa shape index (κ2) is 3.62. The van der Waals surface area contributed by atoms with Gasteiger partial charge in [0.15, 0.2) is 0 Å². The molecular weight excluding hydrogens is 198 g/mol. The lowest BCUT2D eigenvalue weighted by molar-refractivity contribution is -0.116. The van der Waals surface area contributed by atoms with Gasteiger partial charge in [-0.2, -0.15) is 0 Å². The molecule has 1 aromatic rings. The summed E-state index contributed by atoms with van der Waals surface area (Å²) in [5, 5.41) is 0. The van der Waals surface area contributed by atoms with Crippen LogP contribution in [0.5, 0.6) is 0 Å². The van der Waals surface area contributed by atoms with E-state index < -0.39 is 0 Å². The van der Waals surface area contributed by atoms with Crippen molar-refractivity contribution in [3.63, 3.8) is 0 Å². The highest BCUT2D eigenvalue weighted by molar-refractivity contribution is 5.93. The van der Waals surface area contributed by atoms with Gasteiger partial charge in [-0.25, -0.2) is 0 Å². The topological polar surface area (TPSA) is 20.3 Å². The molecule has 0 saturated carbocycles. The molecule has 0 N–H and O–H groups in total. The van der Waals surface area contributed by atoms with Crippen LogP contribution in [0.1, 0.15) is 38.3 Å². The largest absolute Gasteiger partial charge is 0.312 e. The van der Waals surface area contributed by atoms with E-state index in [9.17, 15) is 4.79 Å². The normalized spacial score (nSPS) is 18.1. The summed E-state index contributed by atoms with van der Waals surface area (Å²) in [7, 11) is 0. The maximum Gasteiger partial charge on any atom is 0.223 e. The number of carbonyl (C=O) groups is 1. The van der Waals surface area contributed by atoms with Crippen molar-refractivity contribution in [1.82, 2.24) is 0 Å². The van der Waals surface area contributed by atoms with E-state index in [1.165, 1.54) is 11.1 Å². The molecule has 0 unspecified atom stereocenters. The minimum absolute atomic E-state index is 0.141. The highest BCUT2D eigenvalue weighted by Gasteiger charge is 2.32. The Hall–Kier alpha value is -1.31. The number of fused-ring (bicyclic) bond motifs is 1. The molecular formula is C14H19NO. The molecule has 0 atom stereocenters. The van der Waals surface area contributed by atoms with Crippen LogP contribution in [0.3, 0.4) is 0 Å². The number of anilines is 1. The summed E-state index contributed by atoms with van der Waals surface area (Å²) in [4.78, 5) is 13.5. The average Bonchev–Trinajstić information content (AvgIpc) is 2.16. The molecule has 1 aromatic carbocycles. The number of amides is 1. The van der Waals surface area contributed by atoms with E-state index in [4.69, 9.17) is 0 Å². The minimum Gasteiger partial charge on any atom is -0.312 e. The molecule has 2 rings (SSSR count). The maximum absolute atomic E-state index is 11.6. The van der Waals surface area contributed by atoms with Crippen molar-refractivity contribution in [2.45, 2.75) is 39.5 Å². The number of hydrogen-bond donors (Lipinski definition) is 0. The van der Waals surface area contributed by atoms with E-state index in [0.717, 1.165) is 18.7 Å². The Morgan fingerprint density at radius 2 is 2.06 bits per heavy atom. The van der Waals surface area contributed by atoms with Crippen LogP contribution in [0, 0.1) is 6.92 Å². The van der Waals surface area contributed by atoms with E-state index in [0.29, 0.717) is 0 Å². The molecule has 0 aliphatic carbocycles. The third-order valence-corrected chi connectivity index (χ3v) is 3.51. The average molecular weight is 217 g/mol. The smallest absolute Gasteiger partial charge is 0.223 e. The fraction of sp³-hybridized carbons (Fsp3) is 0.500. The predicted molar refractivity (Wildman–Crippen MR) is 66.8 cm³/mol. The van der Waals surface area contributed by atoms with Crippen molar-refractivity contribution in [1.29, 1.82) is 0 Å². The first-order valence-corrected chi connectivity index (χ1v) is 5.81. The third kappa shape index (κ3) is 1.73. The van der Waals surface area contributed by atoms with Gasteiger partial charge in [-0.15, -0.1) is 0 Å². The third-order valence-electron chi connectivity index (χ3n) is 3.51. The fourth-order valence-corrected chi connectivity index (χ4v) is 2.41. The Labute approximate surface area is 97.3 Å². The van der Waals surface area contributed by atoms with E-state index >= 15 is 0 Å². The van der Waals surface area contributed by atoms with Crippen molar-refractivity contribution in [3.05, 3.63) is 29.3 Å². The Morgan fingerprint density at radius 3 is 2.69 bits per heavy atom. The number of rotatable bonds is 0. The molecule has 2 nitrogen and oxygen atoms in total. The lowest BCUT2D eigenvalue weighted by Crippen LogP contribution is -2.39. The molecule has 0 radical (unpaired) electrons. The number of carbonyl (C=O) groups excluding carboxylic acids is 1. The molecule has 1 amide bonds. The van der Waals surface area contributed by atoms with E-state index in [1.807, 2.05) is 4.90 Å². The molecule has 1 aliphatic heterocycles. The summed E-state index contributed by atoms with van der Waals surface area (Å²) in [6, 6.07) is 6.42. The summed E-state index contributed by atoms with van der Waals surface area (Å²) in [6.45, 7) is 9.04. The standard InChI is InChI=1S/C14H19NO/c1-10-5-6-12-13(9-10)15(11(2)16)8-7-14(12,3)4/h5-6,9H,7-8H2,1-4H3. The summed E-state index contributed by atoms with van der Waals surface area (Å²) >= 11 is 0. The van der Waals surface area contributed by atoms with Gasteiger partial charge < -0.3 is 4.90 Å². The van der Waals surface area contributed by atoms with Crippen LogP contribution in [0.2, 0.25) is 0 Å². The van der Waals surface area contributed by atoms with Crippen LogP contribution in [0.25, 0.3) is 0 Å². The lowest BCUT2D eigenvalue weighted by Gasteiger charge is -2.39. The van der Waals surface area contributed by atoms with Crippen LogP contribution in [-0.2, 0) is 10.2 Å². The molecule has 1 aliphatic rings. The van der Waals surface area contributed by atoms with Gasteiger partial charge in [0.2, 0.25) is 5.91 Å². The molecule has 0 saturated heterocycles. The number of nitrogens with zero attached hydrogens (tertiary/aromatic N) is 1. The quantitative estimate of drug-likeness (QED) is 0.654. The van der Waals surface area contributed by atoms with Gasteiger partial charge in [0, 0.05) is 19.2 Å². The van der Waals surface area contributed by atoms with Gasteiger partial charge in [-0.1, -0.05) is 26.0 Å². The van der Waals surface area contributed by atoms with Crippen LogP contribution >= 0.6 is 0 Å². The highest BCUT2D eigenvalue weighted by Crippen LogP contribution is 2.39. The Morgan fingerprint density at radius 1 is 1.38 bits per heavy atom. The van der Waals surface area contributed by atoms with Crippen molar-refractivity contribution in [2.24, 2.45) is 0 Å². The number of benzene rings is 1. The van der Waals surface area contributed by atoms with Crippen LogP contribution in [-0.4, -0.2) is 12.5 Å². The Kier molecular flexibility index (Phi) is 2.53. The van der Waals surface area contributed by atoms with E-state index in [2.05, 4.69) is 39.0 Å². The molecule has 0 spiro atoms. The first-order chi connectivity index (χ1) is 7.42. The zero-order valence-electron chi connectivity index (χ0n) is 10.5. The molecule has 1 heterocycles. The minimum atomic E-state index is 0.141. The van der Waals surface area contributed by atoms with Gasteiger partial charge in [-0.05, 0) is 36.0 Å². The first kappa shape index (κ1) is 11.2. The van der Waals surface area contributed by atoms with Crippen LogP contribution < -0.4 is 4.90 Å². The second-order valence-corrected chi connectivity index (χ2v) is 5.33. The van der Waals surface area contributed by atoms with E-state index in [-0.39, 0.29) is 11.3 Å². The van der Waals surface area contributed by atoms with Crippen molar-refractivity contribution < 1.29 is 4.79 Å². The molecule has 16 heavy (non-hydrogen) atoms. The molecule has 0 fully saturated rings. The van der Waals surface area contributed by atoms with E-state index in [1.54, 1.807) is 6.92 Å². The van der Waals surface area contributed by atoms with Gasteiger partial charge in [0.1, 0.15) is 0 Å². The van der Waals surface area contributed by atoms with Gasteiger partial charge >= 0.3 is 0 Å². The summed E-state index contributed by atoms with van der Waals surface area (Å²) < 4.78 is 0. The zero-order chi connectivity index (χ0) is 11.9. The summed E-state index contributed by atoms with van der Waals surface area (Å²) in [6.07, 6.45) is 1.03. The summed E-state index contributed by atoms with van der Waals surface area (Å²) in [5.41, 5.74) is 3.78. The first-order valence-electron chi connectivity index (χ1n) is 5.81. The number of hydrogen-bond acceptors (Lipinski definition) is 1. The fourth-order valence-electron chi connectivity index (χ4n) is 2.41. The Balaban J connectivity index is 2.58. The van der Waals surface area contributed by atoms with Crippen molar-refractivity contribution in [2.75, 3.05) is 11.4 Å². The van der Waals surface area contributed by atoms with Crippen LogP contribution in [0.4, 0.5) is 5.69 Å². The maximum atomic E-state index is 11.6. The lowest BCUT2D eigenvalue weighted by atomic mass is 9.77. The molecule has 0 bridgehead atoms. The Bertz CT molecular complexity index is 434. The SMILES string of the molecule is CC(=O)N1CCC(C)(C)c2ccc(C)cc21. The molecule has 2 heteroatoms. The van der Waals surface area contributed by atoms with Gasteiger partial charge in [-0.3, -0.25) is 4.79 Å². The van der Waals surface area contributed by atoms with Gasteiger partial charge in [0.05, 0.1) is 0 Å². The van der Waals surface area contributed by atoms with Gasteiger partial charge in [0.25, 0.3) is 0 Å². The number of aryl methyl sites for hydroxylation is 1. The predicted octanol–water partition coefficient (Wildman–Crippen LogP) is 3.03. The second-order valence-electron chi connectivity index (χ2n) is 5.33. The zero-order valence-corrected chi connectivity index (χ0v) is 10.5. The summed E-state index contributed by atoms with van der Waals surface area (Å²) in [5.74, 6) is 0.141. The van der Waals surface area contributed by atoms with Crippen molar-refractivity contribution >= 4 is 11.6 Å².